The van der Waals surface area contributed by atoms with E-state index in [0.29, 0.717) is 0 Å². The van der Waals surface area contributed by atoms with E-state index in [0.717, 1.165) is 0 Å². The number of benzene rings is 1. The third-order valence-electron chi connectivity index (χ3n) is 0.901. The van der Waals surface area contributed by atoms with Gasteiger partial charge in [-0.15, -0.1) is 0 Å². The van der Waals surface area contributed by atoms with Crippen LogP contribution in [0.15, 0.2) is 30.3 Å². The van der Waals surface area contributed by atoms with Crippen LogP contribution in [0, 0.1) is 10.1 Å². The number of rotatable bonds is 1. The molecule has 0 saturated carbocycles. The Hall–Kier alpha value is -1.38. The Kier molecular flexibility index (Phi) is 1.13. The van der Waals surface area contributed by atoms with E-state index in [9.17, 15) is 10.1 Å². The van der Waals surface area contributed by atoms with Crippen LogP contribution >= 0.6 is 0 Å². The van der Waals surface area contributed by atoms with Gasteiger partial charge < -0.3 is 0 Å². The minimum atomic E-state index is -0.516. The fourth-order valence-electron chi connectivity index (χ4n) is 0.497. The van der Waals surface area contributed by atoms with Gasteiger partial charge in [-0.1, -0.05) is 18.2 Å². The zero-order chi connectivity index (χ0) is 7.56. The number of nitrogens with zero attached hydrogens (tertiary/aromatic N) is 1. The van der Waals surface area contributed by atoms with E-state index in [2.05, 4.69) is 0 Å². The molecule has 0 saturated heterocycles. The molecule has 3 nitrogen and oxygen atoms in total. The van der Waals surface area contributed by atoms with Gasteiger partial charge in [0, 0.05) is 12.1 Å². The maximum Gasteiger partial charge on any atom is 0.269 e. The van der Waals surface area contributed by atoms with Crippen LogP contribution < -0.4 is 0 Å². The predicted molar refractivity (Wildman–Crippen MR) is 33.1 cm³/mol. The van der Waals surface area contributed by atoms with Crippen molar-refractivity contribution < 1.29 is 6.29 Å². The molecule has 0 bridgehead atoms. The molecule has 1 rings (SSSR count). The summed E-state index contributed by atoms with van der Waals surface area (Å²) in [6.07, 6.45) is 0. The van der Waals surface area contributed by atoms with Crippen LogP contribution in [-0.2, 0) is 0 Å². The molecule has 1 aromatic carbocycles. The summed E-state index contributed by atoms with van der Waals surface area (Å²) in [6, 6.07) is 5.71. The molecule has 1 aromatic rings. The van der Waals surface area contributed by atoms with E-state index in [1.807, 2.05) is 0 Å². The SMILES string of the molecule is [2H]c1cccc([N+](=O)[O-])c1. The smallest absolute Gasteiger partial charge is 0.258 e. The van der Waals surface area contributed by atoms with Gasteiger partial charge in [-0.3, -0.25) is 10.1 Å². The van der Waals surface area contributed by atoms with Gasteiger partial charge in [-0.05, 0) is 0 Å². The van der Waals surface area contributed by atoms with E-state index < -0.39 is 4.92 Å². The number of hydrogen-bond donors (Lipinski definition) is 0. The molecule has 0 aliphatic heterocycles. The highest BCUT2D eigenvalue weighted by Crippen LogP contribution is 2.06. The molecule has 46 valence electrons. The van der Waals surface area contributed by atoms with Crippen LogP contribution in [0.1, 0.15) is 1.37 Å². The highest BCUT2D eigenvalue weighted by atomic mass is 16.6. The molecule has 0 aliphatic carbocycles. The Morgan fingerprint density at radius 3 is 2.78 bits per heavy atom. The Labute approximate surface area is 53.5 Å². The van der Waals surface area contributed by atoms with Crippen LogP contribution in [0.2, 0.25) is 0 Å². The van der Waals surface area contributed by atoms with Crippen molar-refractivity contribution in [3.8, 4) is 0 Å². The first-order valence-electron chi connectivity index (χ1n) is 2.91. The number of nitro groups is 1. The fraction of sp³-hybridized carbons (Fsp3) is 0. The van der Waals surface area contributed by atoms with Gasteiger partial charge in [0.25, 0.3) is 5.69 Å². The topological polar surface area (TPSA) is 43.1 Å². The highest BCUT2D eigenvalue weighted by molar-refractivity contribution is 5.27. The number of hydrogen-bond acceptors (Lipinski definition) is 2. The lowest BCUT2D eigenvalue weighted by Gasteiger charge is -1.85. The Bertz CT molecular complexity index is 262. The van der Waals surface area contributed by atoms with Gasteiger partial charge in [0.2, 0.25) is 0 Å². The third kappa shape index (κ3) is 1.25. The molecular weight excluding hydrogens is 118 g/mol. The summed E-state index contributed by atoms with van der Waals surface area (Å²) >= 11 is 0. The monoisotopic (exact) mass is 124 g/mol. The molecule has 0 atom stereocenters. The Morgan fingerprint density at radius 2 is 2.33 bits per heavy atom. The summed E-state index contributed by atoms with van der Waals surface area (Å²) in [5.74, 6) is 0. The van der Waals surface area contributed by atoms with Gasteiger partial charge in [0.1, 0.15) is 0 Å². The normalized spacial score (nSPS) is 10.4. The molecule has 0 unspecified atom stereocenters. The summed E-state index contributed by atoms with van der Waals surface area (Å²) in [4.78, 5) is 9.56. The van der Waals surface area contributed by atoms with Crippen LogP contribution in [0.4, 0.5) is 5.69 Å². The standard InChI is InChI=1S/C6H5NO2/c8-7(9)6-4-2-1-3-5-6/h1-5H/i2D. The van der Waals surface area contributed by atoms with Gasteiger partial charge >= 0.3 is 0 Å². The van der Waals surface area contributed by atoms with Crippen LogP contribution in [-0.4, -0.2) is 4.92 Å². The Balaban J connectivity index is 3.07. The average molecular weight is 124 g/mol. The lowest BCUT2D eigenvalue weighted by atomic mass is 10.3. The molecule has 3 heteroatoms. The molecule has 0 fully saturated rings. The lowest BCUT2D eigenvalue weighted by molar-refractivity contribution is -0.384. The highest BCUT2D eigenvalue weighted by Gasteiger charge is 1.98. The van der Waals surface area contributed by atoms with Gasteiger partial charge in [-0.25, -0.2) is 0 Å². The van der Waals surface area contributed by atoms with Gasteiger partial charge in [0.05, 0.1) is 6.29 Å². The molecule has 0 aromatic heterocycles. The molecule has 0 heterocycles. The van der Waals surface area contributed by atoms with Crippen molar-refractivity contribution in [3.63, 3.8) is 0 Å². The first-order chi connectivity index (χ1) is 4.70. The van der Waals surface area contributed by atoms with Crippen LogP contribution in [0.5, 0.6) is 0 Å². The minimum absolute atomic E-state index is 0.0347. The van der Waals surface area contributed by atoms with Crippen molar-refractivity contribution >= 4 is 5.69 Å². The first-order valence-corrected chi connectivity index (χ1v) is 2.41. The Morgan fingerprint density at radius 1 is 1.56 bits per heavy atom. The van der Waals surface area contributed by atoms with Crippen molar-refractivity contribution in [1.82, 2.24) is 0 Å². The van der Waals surface area contributed by atoms with Gasteiger partial charge in [0.15, 0.2) is 0 Å². The van der Waals surface area contributed by atoms with Crippen molar-refractivity contribution in [2.45, 2.75) is 0 Å². The molecule has 0 spiro atoms. The number of para-hydroxylation sites is 1. The summed E-state index contributed by atoms with van der Waals surface area (Å²) in [7, 11) is 0. The summed E-state index contributed by atoms with van der Waals surface area (Å²) in [5.41, 5.74) is -0.0347. The van der Waals surface area contributed by atoms with Crippen molar-refractivity contribution in [1.29, 1.82) is 0 Å². The molecule has 0 aliphatic rings. The van der Waals surface area contributed by atoms with E-state index >= 15 is 0 Å². The maximum absolute atomic E-state index is 10.1. The second kappa shape index (κ2) is 2.26. The van der Waals surface area contributed by atoms with Crippen LogP contribution in [0.25, 0.3) is 0 Å². The summed E-state index contributed by atoms with van der Waals surface area (Å²) in [6.45, 7) is 0. The summed E-state index contributed by atoms with van der Waals surface area (Å²) < 4.78 is 7.02. The fourth-order valence-corrected chi connectivity index (χ4v) is 0.497. The molecular formula is C6H5NO2. The largest absolute Gasteiger partial charge is 0.269 e. The molecule has 0 N–H and O–H groups in total. The van der Waals surface area contributed by atoms with E-state index in [4.69, 9.17) is 1.37 Å². The van der Waals surface area contributed by atoms with Crippen molar-refractivity contribution in [3.05, 3.63) is 40.4 Å². The van der Waals surface area contributed by atoms with E-state index in [1.165, 1.54) is 24.3 Å². The van der Waals surface area contributed by atoms with Crippen molar-refractivity contribution in [2.75, 3.05) is 0 Å². The lowest BCUT2D eigenvalue weighted by Crippen LogP contribution is -1.84. The summed E-state index contributed by atoms with van der Waals surface area (Å²) in [5, 5.41) is 10.1. The quantitative estimate of drug-likeness (QED) is 0.421. The first kappa shape index (κ1) is 4.49. The second-order valence-electron chi connectivity index (χ2n) is 1.52. The minimum Gasteiger partial charge on any atom is -0.258 e. The zero-order valence-electron chi connectivity index (χ0n) is 5.57. The maximum atomic E-state index is 10.1. The second-order valence-corrected chi connectivity index (χ2v) is 1.52. The molecule has 0 radical (unpaired) electrons. The molecule has 0 amide bonds. The van der Waals surface area contributed by atoms with Crippen LogP contribution in [0.3, 0.4) is 0 Å². The van der Waals surface area contributed by atoms with Gasteiger partial charge in [-0.2, -0.15) is 0 Å². The van der Waals surface area contributed by atoms with E-state index in [-0.39, 0.29) is 11.7 Å². The number of nitro benzene ring substituents is 1. The predicted octanol–water partition coefficient (Wildman–Crippen LogP) is 1.59. The average Bonchev–Trinajstić information content (AvgIpc) is 1.88. The van der Waals surface area contributed by atoms with E-state index in [1.54, 1.807) is 0 Å². The van der Waals surface area contributed by atoms with Crippen molar-refractivity contribution in [2.24, 2.45) is 0 Å². The molecule has 9 heavy (non-hydrogen) atoms. The number of non-ortho nitro benzene ring substituents is 1. The third-order valence-corrected chi connectivity index (χ3v) is 0.901. The zero-order valence-corrected chi connectivity index (χ0v) is 4.57.